The van der Waals surface area contributed by atoms with Crippen LogP contribution in [-0.4, -0.2) is 37.5 Å². The molecule has 2 aromatic carbocycles. The maximum atomic E-state index is 14.0. The van der Waals surface area contributed by atoms with E-state index in [1.54, 1.807) is 31.4 Å². The fraction of sp³-hybridized carbons (Fsp3) is 0.375. The molecule has 3 aliphatic heterocycles. The average molecular weight is 419 g/mol. The normalized spacial score (nSPS) is 25.6. The van der Waals surface area contributed by atoms with E-state index in [2.05, 4.69) is 16.3 Å². The lowest BCUT2D eigenvalue weighted by Gasteiger charge is -2.51. The molecule has 7 heteroatoms. The maximum Gasteiger partial charge on any atom is 0.335 e. The van der Waals surface area contributed by atoms with E-state index in [4.69, 9.17) is 4.74 Å². The van der Waals surface area contributed by atoms with Crippen LogP contribution in [0, 0.1) is 5.41 Å². The third-order valence-electron chi connectivity index (χ3n) is 6.84. The lowest BCUT2D eigenvalue weighted by atomic mass is 9.67. The van der Waals surface area contributed by atoms with Gasteiger partial charge in [-0.3, -0.25) is 14.9 Å². The third kappa shape index (κ3) is 2.91. The number of hydrogen-bond acceptors (Lipinski definition) is 5. The number of methoxy groups -OCH3 is 1. The zero-order chi connectivity index (χ0) is 21.6. The topological polar surface area (TPSA) is 79.0 Å². The molecule has 3 aliphatic rings. The van der Waals surface area contributed by atoms with Gasteiger partial charge in [0.25, 0.3) is 5.91 Å². The minimum Gasteiger partial charge on any atom is -0.497 e. The van der Waals surface area contributed by atoms with Gasteiger partial charge >= 0.3 is 6.03 Å². The molecule has 3 heterocycles. The molecule has 2 fully saturated rings. The van der Waals surface area contributed by atoms with Crippen LogP contribution in [0.2, 0.25) is 0 Å². The number of rotatable bonds is 2. The molecular formula is C24H25N3O4. The number of benzene rings is 2. The Morgan fingerprint density at radius 2 is 1.77 bits per heavy atom. The van der Waals surface area contributed by atoms with Crippen LogP contribution in [0.1, 0.15) is 31.2 Å². The number of carbonyl (C=O) groups excluding carboxylic acids is 3. The van der Waals surface area contributed by atoms with Gasteiger partial charge in [-0.15, -0.1) is 0 Å². The van der Waals surface area contributed by atoms with Gasteiger partial charge in [0.05, 0.1) is 18.8 Å². The molecule has 1 spiro atoms. The van der Waals surface area contributed by atoms with Gasteiger partial charge in [0.1, 0.15) is 5.75 Å². The van der Waals surface area contributed by atoms with Crippen LogP contribution in [-0.2, 0) is 16.0 Å². The molecule has 2 saturated heterocycles. The molecule has 5 rings (SSSR count). The highest BCUT2D eigenvalue weighted by Gasteiger charge is 2.62. The van der Waals surface area contributed by atoms with Crippen molar-refractivity contribution in [2.45, 2.75) is 38.1 Å². The quantitative estimate of drug-likeness (QED) is 0.756. The standard InChI is InChI=1S/C24H25N3O4/c1-31-18-12-10-17(11-13-18)27-22(29)24(21(28)25-23(27)30)15-16-7-4-5-8-19(16)26-14-6-2-3-9-20(24)26/h4-5,7-8,10-13,20H,2-3,6,9,14-15H2,1H3,(H,25,28,30)/t20-,24+/m0/s1. The van der Waals surface area contributed by atoms with Crippen molar-refractivity contribution >= 4 is 29.2 Å². The number of fused-ring (bicyclic) bond motifs is 4. The number of hydrogen-bond donors (Lipinski definition) is 1. The smallest absolute Gasteiger partial charge is 0.335 e. The fourth-order valence-corrected chi connectivity index (χ4v) is 5.34. The summed E-state index contributed by atoms with van der Waals surface area (Å²) < 4.78 is 5.20. The Kier molecular flexibility index (Phi) is 4.68. The Labute approximate surface area is 181 Å². The first kappa shape index (κ1) is 19.6. The van der Waals surface area contributed by atoms with Crippen molar-refractivity contribution < 1.29 is 19.1 Å². The Morgan fingerprint density at radius 3 is 2.55 bits per heavy atom. The summed E-state index contributed by atoms with van der Waals surface area (Å²) in [5.41, 5.74) is 1.14. The molecule has 0 radical (unpaired) electrons. The van der Waals surface area contributed by atoms with Crippen LogP contribution in [0.3, 0.4) is 0 Å². The number of nitrogens with zero attached hydrogens (tertiary/aromatic N) is 2. The van der Waals surface area contributed by atoms with Crippen molar-refractivity contribution in [3.05, 3.63) is 54.1 Å². The summed E-state index contributed by atoms with van der Waals surface area (Å²) in [6.07, 6.45) is 4.04. The SMILES string of the molecule is COc1ccc(N2C(=O)NC(=O)[C@]3(Cc4ccccc4N4CCCCC[C@H]43)C2=O)cc1. The zero-order valence-corrected chi connectivity index (χ0v) is 17.5. The third-order valence-corrected chi connectivity index (χ3v) is 6.84. The van der Waals surface area contributed by atoms with Crippen LogP contribution in [0.4, 0.5) is 16.2 Å². The number of amides is 4. The van der Waals surface area contributed by atoms with E-state index < -0.39 is 23.3 Å². The number of anilines is 2. The van der Waals surface area contributed by atoms with Crippen molar-refractivity contribution in [3.8, 4) is 5.75 Å². The second-order valence-electron chi connectivity index (χ2n) is 8.43. The summed E-state index contributed by atoms with van der Waals surface area (Å²) in [5.74, 6) is -0.308. The fourth-order valence-electron chi connectivity index (χ4n) is 5.34. The van der Waals surface area contributed by atoms with E-state index in [1.807, 2.05) is 18.2 Å². The molecule has 2 aromatic rings. The largest absolute Gasteiger partial charge is 0.497 e. The molecule has 160 valence electrons. The van der Waals surface area contributed by atoms with Crippen LogP contribution in [0.25, 0.3) is 0 Å². The van der Waals surface area contributed by atoms with Gasteiger partial charge in [0.15, 0.2) is 5.41 Å². The van der Waals surface area contributed by atoms with Crippen LogP contribution in [0.5, 0.6) is 5.75 Å². The predicted octanol–water partition coefficient (Wildman–Crippen LogP) is 3.27. The number of urea groups is 1. The molecule has 2 atom stereocenters. The van der Waals surface area contributed by atoms with Gasteiger partial charge in [-0.05, 0) is 55.2 Å². The van der Waals surface area contributed by atoms with E-state index in [-0.39, 0.29) is 12.5 Å². The lowest BCUT2D eigenvalue weighted by Crippen LogP contribution is -2.72. The molecule has 0 saturated carbocycles. The van der Waals surface area contributed by atoms with Crippen LogP contribution < -0.4 is 19.9 Å². The first-order valence-corrected chi connectivity index (χ1v) is 10.7. The first-order chi connectivity index (χ1) is 15.1. The van der Waals surface area contributed by atoms with E-state index in [1.165, 1.54) is 0 Å². The highest BCUT2D eigenvalue weighted by atomic mass is 16.5. The minimum atomic E-state index is -1.34. The van der Waals surface area contributed by atoms with Gasteiger partial charge in [0, 0.05) is 12.2 Å². The summed E-state index contributed by atoms with van der Waals surface area (Å²) >= 11 is 0. The number of barbiturate groups is 1. The molecular weight excluding hydrogens is 394 g/mol. The number of ether oxygens (including phenoxy) is 1. The van der Waals surface area contributed by atoms with Crippen molar-refractivity contribution in [3.63, 3.8) is 0 Å². The summed E-state index contributed by atoms with van der Waals surface area (Å²) in [6.45, 7) is 0.792. The molecule has 0 aliphatic carbocycles. The second kappa shape index (κ2) is 7.41. The summed E-state index contributed by atoms with van der Waals surface area (Å²) in [4.78, 5) is 43.6. The number of para-hydroxylation sites is 1. The van der Waals surface area contributed by atoms with Crippen molar-refractivity contribution in [1.29, 1.82) is 0 Å². The van der Waals surface area contributed by atoms with Gasteiger partial charge in [0.2, 0.25) is 5.91 Å². The highest BCUT2D eigenvalue weighted by molar-refractivity contribution is 6.30. The second-order valence-corrected chi connectivity index (χ2v) is 8.43. The number of imide groups is 2. The Bertz CT molecular complexity index is 1050. The first-order valence-electron chi connectivity index (χ1n) is 10.7. The minimum absolute atomic E-state index is 0.286. The van der Waals surface area contributed by atoms with Gasteiger partial charge in [-0.25, -0.2) is 9.69 Å². The molecule has 4 amide bonds. The van der Waals surface area contributed by atoms with Crippen LogP contribution >= 0.6 is 0 Å². The molecule has 0 bridgehead atoms. The van der Waals surface area contributed by atoms with Crippen molar-refractivity contribution in [1.82, 2.24) is 5.32 Å². The Hall–Kier alpha value is -3.35. The van der Waals surface area contributed by atoms with Crippen LogP contribution in [0.15, 0.2) is 48.5 Å². The summed E-state index contributed by atoms with van der Waals surface area (Å²) in [5, 5.41) is 2.50. The summed E-state index contributed by atoms with van der Waals surface area (Å²) in [7, 11) is 1.56. The van der Waals surface area contributed by atoms with E-state index >= 15 is 0 Å². The lowest BCUT2D eigenvalue weighted by molar-refractivity contribution is -0.144. The number of nitrogens with one attached hydrogen (secondary N) is 1. The Balaban J connectivity index is 1.64. The maximum absolute atomic E-state index is 14.0. The van der Waals surface area contributed by atoms with E-state index in [0.717, 1.165) is 48.4 Å². The van der Waals surface area contributed by atoms with Crippen molar-refractivity contribution in [2.75, 3.05) is 23.5 Å². The molecule has 1 N–H and O–H groups in total. The van der Waals surface area contributed by atoms with Gasteiger partial charge in [-0.1, -0.05) is 31.0 Å². The predicted molar refractivity (Wildman–Crippen MR) is 116 cm³/mol. The van der Waals surface area contributed by atoms with Crippen molar-refractivity contribution in [2.24, 2.45) is 5.41 Å². The zero-order valence-electron chi connectivity index (χ0n) is 17.5. The van der Waals surface area contributed by atoms with E-state index in [0.29, 0.717) is 11.4 Å². The highest BCUT2D eigenvalue weighted by Crippen LogP contribution is 2.47. The Morgan fingerprint density at radius 1 is 1.00 bits per heavy atom. The molecule has 0 unspecified atom stereocenters. The van der Waals surface area contributed by atoms with E-state index in [9.17, 15) is 14.4 Å². The van der Waals surface area contributed by atoms with Gasteiger partial charge < -0.3 is 9.64 Å². The molecule has 7 nitrogen and oxygen atoms in total. The average Bonchev–Trinajstić information content (AvgIpc) is 3.05. The summed E-state index contributed by atoms with van der Waals surface area (Å²) in [6, 6.07) is 13.7. The number of carbonyl (C=O) groups is 3. The van der Waals surface area contributed by atoms with Gasteiger partial charge in [-0.2, -0.15) is 0 Å². The monoisotopic (exact) mass is 419 g/mol. The molecule has 0 aromatic heterocycles. The molecule has 31 heavy (non-hydrogen) atoms.